The average molecular weight is 289 g/mol. The van der Waals surface area contributed by atoms with E-state index in [2.05, 4.69) is 4.98 Å². The van der Waals surface area contributed by atoms with Crippen molar-refractivity contribution in [1.29, 1.82) is 0 Å². The number of benzene rings is 1. The molecule has 1 aliphatic rings. The van der Waals surface area contributed by atoms with Crippen LogP contribution in [0.15, 0.2) is 23.0 Å². The maximum atomic E-state index is 12.9. The molecule has 1 saturated carbocycles. The van der Waals surface area contributed by atoms with Crippen LogP contribution in [0.25, 0.3) is 10.9 Å². The Kier molecular flexibility index (Phi) is 2.16. The van der Waals surface area contributed by atoms with Crippen LogP contribution in [0.4, 0.5) is 5.69 Å². The van der Waals surface area contributed by atoms with E-state index in [9.17, 15) is 14.4 Å². The molecule has 1 aromatic heterocycles. The van der Waals surface area contributed by atoms with Gasteiger partial charge in [0.25, 0.3) is 5.56 Å². The smallest absolute Gasteiger partial charge is 0.264 e. The fourth-order valence-electron chi connectivity index (χ4n) is 2.47. The monoisotopic (exact) mass is 289 g/mol. The highest BCUT2D eigenvalue weighted by Crippen LogP contribution is 2.24. The van der Waals surface area contributed by atoms with Gasteiger partial charge in [0.2, 0.25) is 0 Å². The molecule has 1 atom stereocenters. The summed E-state index contributed by atoms with van der Waals surface area (Å²) in [6.45, 7) is -0.408. The summed E-state index contributed by atoms with van der Waals surface area (Å²) in [6, 6.07) is 1.51. The number of nitrogens with two attached hydrogens (primary N) is 1. The Labute approximate surface area is 126 Å². The normalized spacial score (nSPS) is 24.3. The molecule has 108 valence electrons. The van der Waals surface area contributed by atoms with Crippen molar-refractivity contribution >= 4 is 28.2 Å². The van der Waals surface area contributed by atoms with Gasteiger partial charge in [0, 0.05) is 16.2 Å². The number of nitrogens with zero attached hydrogens (tertiary/aromatic N) is 2. The predicted octanol–water partition coefficient (Wildman–Crippen LogP) is 1.15. The lowest BCUT2D eigenvalue weighted by Crippen LogP contribution is -2.36. The maximum Gasteiger partial charge on any atom is 0.264 e. The number of rotatable bonds is 1. The quantitative estimate of drug-likeness (QED) is 0.627. The van der Waals surface area contributed by atoms with Crippen molar-refractivity contribution in [3.63, 3.8) is 0 Å². The van der Waals surface area contributed by atoms with Crippen molar-refractivity contribution in [3.05, 3.63) is 34.4 Å². The van der Waals surface area contributed by atoms with Crippen molar-refractivity contribution in [1.82, 2.24) is 9.55 Å². The van der Waals surface area contributed by atoms with Crippen LogP contribution in [0, 0.1) is 6.90 Å². The largest absolute Gasteiger partial charge is 0.398 e. The number of nitrogen functional groups attached to an aromatic ring is 1. The molecule has 0 aliphatic heterocycles. The Balaban J connectivity index is 2.30. The van der Waals surface area contributed by atoms with Gasteiger partial charge in [0.15, 0.2) is 5.78 Å². The third-order valence-corrected chi connectivity index (χ3v) is 3.48. The van der Waals surface area contributed by atoms with Crippen molar-refractivity contribution in [2.45, 2.75) is 32.2 Å². The molecule has 0 radical (unpaired) electrons. The number of carbonyl (C=O) groups is 2. The number of carbonyl (C=O) groups excluding carboxylic acids is 2. The van der Waals surface area contributed by atoms with Gasteiger partial charge in [-0.3, -0.25) is 19.0 Å². The molecule has 1 aliphatic carbocycles. The maximum absolute atomic E-state index is 12.9. The average Bonchev–Trinajstić information content (AvgIpc) is 2.54. The van der Waals surface area contributed by atoms with E-state index in [1.807, 2.05) is 0 Å². The van der Waals surface area contributed by atoms with Crippen LogP contribution in [0.2, 0.25) is 0 Å². The number of hydrogen-bond donors (Lipinski definition) is 1. The van der Waals surface area contributed by atoms with E-state index < -0.39 is 49.3 Å². The zero-order chi connectivity index (χ0) is 18.5. The van der Waals surface area contributed by atoms with Gasteiger partial charge in [0.1, 0.15) is 11.6 Å². The zero-order valence-corrected chi connectivity index (χ0v) is 11.0. The first-order valence-corrected chi connectivity index (χ1v) is 6.33. The van der Waals surface area contributed by atoms with Gasteiger partial charge in [-0.25, -0.2) is 4.98 Å². The molecule has 6 heteroatoms. The molecule has 0 bridgehead atoms. The Morgan fingerprint density at radius 3 is 3.10 bits per heavy atom. The highest BCUT2D eigenvalue weighted by Gasteiger charge is 2.30. The van der Waals surface area contributed by atoms with Gasteiger partial charge < -0.3 is 5.73 Å². The minimum absolute atomic E-state index is 0.0156. The number of Topliss-reactive ketones (excluding diaryl/α,β-unsaturated/α-hetero) is 2. The van der Waals surface area contributed by atoms with E-state index in [4.69, 9.17) is 11.2 Å². The summed E-state index contributed by atoms with van der Waals surface area (Å²) in [5, 5.41) is -0.0463. The molecule has 1 aromatic carbocycles. The summed E-state index contributed by atoms with van der Waals surface area (Å²) in [4.78, 5) is 41.1. The molecule has 1 fully saturated rings. The summed E-state index contributed by atoms with van der Waals surface area (Å²) >= 11 is 0. The first kappa shape index (κ1) is 9.44. The van der Waals surface area contributed by atoms with Crippen molar-refractivity contribution < 1.29 is 15.1 Å². The third kappa shape index (κ3) is 2.12. The highest BCUT2D eigenvalue weighted by molar-refractivity contribution is 6.03. The standard InChI is InChI=1S/C15H15N3O3/c1-8-17-11-4-2-3-10(16)14(11)15(21)18(8)12-6-5-9(19)7-13(12)20/h2-4,12H,5-7,16H2,1H3/i1D,3D,5D2. The fraction of sp³-hybridized carbons (Fsp3) is 0.333. The molecule has 1 heterocycles. The van der Waals surface area contributed by atoms with Gasteiger partial charge in [-0.1, -0.05) is 6.07 Å². The lowest BCUT2D eigenvalue weighted by atomic mass is 9.92. The van der Waals surface area contributed by atoms with E-state index in [1.54, 1.807) is 0 Å². The summed E-state index contributed by atoms with van der Waals surface area (Å²) in [6.07, 6.45) is -3.35. The molecular formula is C15H15N3O3. The van der Waals surface area contributed by atoms with Crippen LogP contribution in [0.5, 0.6) is 0 Å². The first-order chi connectivity index (χ1) is 11.7. The molecule has 2 aromatic rings. The summed E-state index contributed by atoms with van der Waals surface area (Å²) < 4.78 is 31.8. The summed E-state index contributed by atoms with van der Waals surface area (Å²) in [5.41, 5.74) is 5.22. The Morgan fingerprint density at radius 1 is 1.52 bits per heavy atom. The second-order valence-electron chi connectivity index (χ2n) is 4.82. The van der Waals surface area contributed by atoms with E-state index in [1.165, 1.54) is 12.1 Å². The molecule has 0 saturated heterocycles. The van der Waals surface area contributed by atoms with Crippen LogP contribution in [0.1, 0.15) is 36.6 Å². The molecule has 0 spiro atoms. The molecule has 21 heavy (non-hydrogen) atoms. The lowest BCUT2D eigenvalue weighted by molar-refractivity contribution is -0.132. The van der Waals surface area contributed by atoms with Gasteiger partial charge >= 0.3 is 0 Å². The molecule has 0 amide bonds. The predicted molar refractivity (Wildman–Crippen MR) is 78.1 cm³/mol. The minimum Gasteiger partial charge on any atom is -0.398 e. The Bertz CT molecular complexity index is 971. The van der Waals surface area contributed by atoms with Crippen LogP contribution < -0.4 is 11.3 Å². The van der Waals surface area contributed by atoms with Gasteiger partial charge in [-0.15, -0.1) is 0 Å². The van der Waals surface area contributed by atoms with E-state index in [0.29, 0.717) is 0 Å². The number of hydrogen-bond acceptors (Lipinski definition) is 5. The summed E-state index contributed by atoms with van der Waals surface area (Å²) in [7, 11) is 0. The second-order valence-corrected chi connectivity index (χ2v) is 4.82. The van der Waals surface area contributed by atoms with Crippen molar-refractivity contribution in [2.75, 3.05) is 5.73 Å². The molecule has 1 unspecified atom stereocenters. The van der Waals surface area contributed by atoms with E-state index in [0.717, 1.165) is 4.57 Å². The number of aryl methyl sites for hydroxylation is 1. The van der Waals surface area contributed by atoms with Gasteiger partial charge in [0.05, 0.1) is 24.7 Å². The van der Waals surface area contributed by atoms with Crippen LogP contribution in [0.3, 0.4) is 0 Å². The Morgan fingerprint density at radius 2 is 2.33 bits per heavy atom. The zero-order valence-electron chi connectivity index (χ0n) is 15.0. The Hall–Kier alpha value is -2.50. The minimum atomic E-state index is -2.24. The number of aromatic nitrogens is 2. The lowest BCUT2D eigenvalue weighted by Gasteiger charge is -2.24. The fourth-order valence-corrected chi connectivity index (χ4v) is 2.47. The highest BCUT2D eigenvalue weighted by atomic mass is 16.2. The van der Waals surface area contributed by atoms with Gasteiger partial charge in [-0.05, 0) is 25.4 Å². The third-order valence-electron chi connectivity index (χ3n) is 3.48. The van der Waals surface area contributed by atoms with Gasteiger partial charge in [-0.2, -0.15) is 0 Å². The summed E-state index contributed by atoms with van der Waals surface area (Å²) in [5.74, 6) is -1.44. The van der Waals surface area contributed by atoms with Crippen molar-refractivity contribution in [3.8, 4) is 0 Å². The van der Waals surface area contributed by atoms with Crippen molar-refractivity contribution in [2.24, 2.45) is 0 Å². The molecule has 3 rings (SSSR count). The van der Waals surface area contributed by atoms with Crippen LogP contribution in [-0.4, -0.2) is 21.1 Å². The number of anilines is 1. The number of fused-ring (bicyclic) bond motifs is 1. The second kappa shape index (κ2) is 4.80. The van der Waals surface area contributed by atoms with Crippen LogP contribution in [-0.2, 0) is 9.59 Å². The van der Waals surface area contributed by atoms with E-state index in [-0.39, 0.29) is 28.5 Å². The first-order valence-electron chi connectivity index (χ1n) is 8.53. The number of ketones is 2. The molecular weight excluding hydrogens is 270 g/mol. The molecule has 2 N–H and O–H groups in total. The molecule has 6 nitrogen and oxygen atoms in total. The SMILES string of the molecule is [2H]Cc1nc2ccc([2H])c(N)c2c(=O)n1C1CC([2H])([2H])C(=O)CC1=O. The topological polar surface area (TPSA) is 95.0 Å². The van der Waals surface area contributed by atoms with Crippen LogP contribution >= 0.6 is 0 Å². The van der Waals surface area contributed by atoms with E-state index >= 15 is 0 Å².